The van der Waals surface area contributed by atoms with Gasteiger partial charge in [0.1, 0.15) is 23.5 Å². The molecule has 2 amide bonds. The second kappa shape index (κ2) is 11.4. The minimum absolute atomic E-state index is 0.0455. The molecular formula is C28H22F4N6O3. The van der Waals surface area contributed by atoms with Crippen molar-refractivity contribution >= 4 is 34.2 Å². The number of hydrogen-bond acceptors (Lipinski definition) is 6. The zero-order chi connectivity index (χ0) is 30.0. The fourth-order valence-corrected chi connectivity index (χ4v) is 4.46. The van der Waals surface area contributed by atoms with Crippen LogP contribution in [-0.2, 0) is 11.8 Å². The van der Waals surface area contributed by atoms with E-state index in [9.17, 15) is 28.0 Å². The lowest BCUT2D eigenvalue weighted by atomic mass is 9.96. The van der Waals surface area contributed by atoms with Crippen molar-refractivity contribution in [3.05, 3.63) is 72.2 Å². The van der Waals surface area contributed by atoms with Gasteiger partial charge < -0.3 is 25.7 Å². The number of carbonyl (C=O) groups is 2. The first-order valence-corrected chi connectivity index (χ1v) is 11.8. The number of nitrogens with two attached hydrogens (primary N) is 1. The van der Waals surface area contributed by atoms with Crippen LogP contribution in [0.2, 0.25) is 0 Å². The van der Waals surface area contributed by atoms with Gasteiger partial charge in [-0.1, -0.05) is 18.7 Å². The maximum absolute atomic E-state index is 15.1. The Balaban J connectivity index is 1.98. The van der Waals surface area contributed by atoms with Crippen LogP contribution in [0.3, 0.4) is 0 Å². The Morgan fingerprint density at radius 3 is 2.51 bits per heavy atom. The Morgan fingerprint density at radius 2 is 1.90 bits per heavy atom. The summed E-state index contributed by atoms with van der Waals surface area (Å²) in [4.78, 5) is 28.3. The van der Waals surface area contributed by atoms with Gasteiger partial charge in [0.15, 0.2) is 0 Å². The van der Waals surface area contributed by atoms with Gasteiger partial charge in [0.25, 0.3) is 12.3 Å². The Kier molecular flexibility index (Phi) is 7.95. The first-order chi connectivity index (χ1) is 19.5. The van der Waals surface area contributed by atoms with Crippen molar-refractivity contribution in [1.29, 1.82) is 5.26 Å². The van der Waals surface area contributed by atoms with Gasteiger partial charge in [0.2, 0.25) is 12.2 Å². The maximum atomic E-state index is 15.1. The number of fused-ring (bicyclic) bond motifs is 1. The van der Waals surface area contributed by atoms with E-state index in [4.69, 9.17) is 10.5 Å². The summed E-state index contributed by atoms with van der Waals surface area (Å²) in [5.41, 5.74) is 7.97. The topological polar surface area (TPSA) is 135 Å². The molecule has 13 heteroatoms. The van der Waals surface area contributed by atoms with Crippen LogP contribution in [0.4, 0.5) is 29.1 Å². The molecule has 0 aliphatic carbocycles. The molecule has 0 fully saturated rings. The Hall–Kier alpha value is -5.38. The summed E-state index contributed by atoms with van der Waals surface area (Å²) in [5, 5.41) is 14.0. The number of aryl methyl sites for hydroxylation is 1. The smallest absolute Gasteiger partial charge is 0.287 e. The first kappa shape index (κ1) is 28.6. The zero-order valence-corrected chi connectivity index (χ0v) is 21.6. The van der Waals surface area contributed by atoms with E-state index in [0.29, 0.717) is 33.3 Å². The number of carbonyl (C=O) groups excluding carboxylic acids is 2. The lowest BCUT2D eigenvalue weighted by Crippen LogP contribution is -2.36. The SMILES string of the molecule is C=CC(=O)Nc1ccc(-c2c(-c3ccc(C(=O)NC(F)C(F)F)c(OC)c3)c3c(N)ncc(C#N)c3n2C)cc1F. The molecule has 2 aromatic carbocycles. The summed E-state index contributed by atoms with van der Waals surface area (Å²) in [6.45, 7) is 3.34. The quantitative estimate of drug-likeness (QED) is 0.157. The first-order valence-electron chi connectivity index (χ1n) is 11.8. The molecule has 2 aromatic heterocycles. The van der Waals surface area contributed by atoms with Crippen LogP contribution in [0.1, 0.15) is 15.9 Å². The number of benzene rings is 2. The van der Waals surface area contributed by atoms with Crippen molar-refractivity contribution in [1.82, 2.24) is 14.9 Å². The standard InChI is InChI=1S/C28H22F4N6O3/c1-4-20(39)36-18-8-6-14(9-17(18)29)23-21(22-24(38(23)2)15(11-33)12-35-27(22)34)13-5-7-16(19(10-13)41-3)28(40)37-26(32)25(30)31/h4-10,12,25-26H,1H2,2-3H3,(H2,34,35)(H,36,39)(H,37,40). The summed E-state index contributed by atoms with van der Waals surface area (Å²) >= 11 is 0. The molecule has 1 unspecified atom stereocenters. The van der Waals surface area contributed by atoms with Gasteiger partial charge >= 0.3 is 0 Å². The molecule has 4 N–H and O–H groups in total. The molecule has 0 saturated heterocycles. The highest BCUT2D eigenvalue weighted by Crippen LogP contribution is 2.44. The van der Waals surface area contributed by atoms with Crippen LogP contribution in [0.5, 0.6) is 5.75 Å². The highest BCUT2D eigenvalue weighted by atomic mass is 19.3. The molecule has 4 aromatic rings. The molecule has 0 radical (unpaired) electrons. The number of nitrogens with zero attached hydrogens (tertiary/aromatic N) is 3. The summed E-state index contributed by atoms with van der Waals surface area (Å²) in [6.07, 6.45) is -4.03. The highest BCUT2D eigenvalue weighted by Gasteiger charge is 2.27. The zero-order valence-electron chi connectivity index (χ0n) is 21.6. The number of aromatic nitrogens is 2. The normalized spacial score (nSPS) is 11.7. The number of hydrogen-bond donors (Lipinski definition) is 3. The van der Waals surface area contributed by atoms with Crippen LogP contribution < -0.4 is 21.1 Å². The van der Waals surface area contributed by atoms with Crippen molar-refractivity contribution in [3.8, 4) is 34.2 Å². The van der Waals surface area contributed by atoms with Crippen molar-refractivity contribution < 1.29 is 31.9 Å². The molecule has 0 spiro atoms. The van der Waals surface area contributed by atoms with Gasteiger partial charge in [-0.3, -0.25) is 9.59 Å². The van der Waals surface area contributed by atoms with E-state index in [-0.39, 0.29) is 28.4 Å². The number of anilines is 2. The third-order valence-corrected chi connectivity index (χ3v) is 6.27. The summed E-state index contributed by atoms with van der Waals surface area (Å²) < 4.78 is 60.8. The van der Waals surface area contributed by atoms with Gasteiger partial charge in [-0.05, 0) is 35.9 Å². The Bertz CT molecular complexity index is 1750. The molecule has 0 aliphatic rings. The van der Waals surface area contributed by atoms with E-state index in [1.165, 1.54) is 43.6 Å². The van der Waals surface area contributed by atoms with Crippen molar-refractivity contribution in [2.24, 2.45) is 7.05 Å². The number of pyridine rings is 1. The Labute approximate surface area is 230 Å². The second-order valence-corrected chi connectivity index (χ2v) is 8.69. The van der Waals surface area contributed by atoms with Crippen LogP contribution in [0.15, 0.2) is 55.3 Å². The number of methoxy groups -OCH3 is 1. The summed E-state index contributed by atoms with van der Waals surface area (Å²) in [7, 11) is 2.87. The molecule has 9 nitrogen and oxygen atoms in total. The number of nitrogens with one attached hydrogen (secondary N) is 2. The minimum atomic E-state index is -3.43. The lowest BCUT2D eigenvalue weighted by molar-refractivity contribution is -0.111. The molecule has 41 heavy (non-hydrogen) atoms. The van der Waals surface area contributed by atoms with Gasteiger partial charge in [0.05, 0.1) is 40.5 Å². The molecular weight excluding hydrogens is 544 g/mol. The molecule has 0 saturated carbocycles. The van der Waals surface area contributed by atoms with Gasteiger partial charge in [-0.2, -0.15) is 5.26 Å². The second-order valence-electron chi connectivity index (χ2n) is 8.69. The molecule has 0 aliphatic heterocycles. The Morgan fingerprint density at radius 1 is 1.20 bits per heavy atom. The number of ether oxygens (including phenoxy) is 1. The van der Waals surface area contributed by atoms with E-state index >= 15 is 4.39 Å². The summed E-state index contributed by atoms with van der Waals surface area (Å²) in [5.74, 6) is -2.54. The number of alkyl halides is 3. The predicted molar refractivity (Wildman–Crippen MR) is 144 cm³/mol. The molecule has 4 rings (SSSR count). The fraction of sp³-hybridized carbons (Fsp3) is 0.143. The monoisotopic (exact) mass is 566 g/mol. The maximum Gasteiger partial charge on any atom is 0.287 e. The third kappa shape index (κ3) is 5.27. The van der Waals surface area contributed by atoms with Crippen molar-refractivity contribution in [2.75, 3.05) is 18.2 Å². The molecule has 2 heterocycles. The van der Waals surface area contributed by atoms with E-state index < -0.39 is 30.4 Å². The fourth-order valence-electron chi connectivity index (χ4n) is 4.46. The highest BCUT2D eigenvalue weighted by molar-refractivity contribution is 6.11. The number of amides is 2. The van der Waals surface area contributed by atoms with Crippen LogP contribution in [-0.4, -0.2) is 41.2 Å². The van der Waals surface area contributed by atoms with E-state index in [0.717, 1.165) is 6.08 Å². The van der Waals surface area contributed by atoms with Crippen molar-refractivity contribution in [3.63, 3.8) is 0 Å². The molecule has 1 atom stereocenters. The van der Waals surface area contributed by atoms with Crippen LogP contribution >= 0.6 is 0 Å². The number of rotatable bonds is 8. The number of nitrogen functional groups attached to an aromatic ring is 1. The molecule has 0 bridgehead atoms. The predicted octanol–water partition coefficient (Wildman–Crippen LogP) is 4.92. The van der Waals surface area contributed by atoms with E-state index in [1.54, 1.807) is 23.0 Å². The average molecular weight is 567 g/mol. The van der Waals surface area contributed by atoms with Gasteiger partial charge in [-0.15, -0.1) is 0 Å². The van der Waals surface area contributed by atoms with Gasteiger partial charge in [-0.25, -0.2) is 22.5 Å². The number of nitriles is 1. The minimum Gasteiger partial charge on any atom is -0.496 e. The van der Waals surface area contributed by atoms with Gasteiger partial charge in [0, 0.05) is 24.4 Å². The lowest BCUT2D eigenvalue weighted by Gasteiger charge is -2.15. The van der Waals surface area contributed by atoms with E-state index in [1.807, 2.05) is 0 Å². The van der Waals surface area contributed by atoms with Crippen LogP contribution in [0, 0.1) is 17.1 Å². The van der Waals surface area contributed by atoms with E-state index in [2.05, 4.69) is 22.9 Å². The number of halogens is 4. The molecule has 210 valence electrons. The third-order valence-electron chi connectivity index (χ3n) is 6.27. The van der Waals surface area contributed by atoms with Crippen LogP contribution in [0.25, 0.3) is 33.3 Å². The summed E-state index contributed by atoms with van der Waals surface area (Å²) in [6, 6.07) is 10.2. The average Bonchev–Trinajstić information content (AvgIpc) is 3.27. The largest absolute Gasteiger partial charge is 0.496 e. The van der Waals surface area contributed by atoms with Crippen molar-refractivity contribution in [2.45, 2.75) is 12.7 Å².